The van der Waals surface area contributed by atoms with Crippen molar-refractivity contribution < 1.29 is 9.47 Å². The second-order valence-electron chi connectivity index (χ2n) is 8.47. The summed E-state index contributed by atoms with van der Waals surface area (Å²) in [5.41, 5.74) is 6.92. The lowest BCUT2D eigenvalue weighted by atomic mass is 9.86. The SMILES string of the molecule is C=C(C)C1CC(OCC2=C(C)CCCC2)=CC(OCc2ccccc2CC)C1. The van der Waals surface area contributed by atoms with Gasteiger partial charge in [0.1, 0.15) is 6.61 Å². The van der Waals surface area contributed by atoms with Gasteiger partial charge in [0.15, 0.2) is 0 Å². The Labute approximate surface area is 171 Å². The van der Waals surface area contributed by atoms with Crippen molar-refractivity contribution in [3.05, 3.63) is 70.5 Å². The van der Waals surface area contributed by atoms with E-state index in [-0.39, 0.29) is 6.10 Å². The highest BCUT2D eigenvalue weighted by Gasteiger charge is 2.25. The third-order valence-corrected chi connectivity index (χ3v) is 6.30. The van der Waals surface area contributed by atoms with Crippen molar-refractivity contribution in [2.75, 3.05) is 6.61 Å². The Morgan fingerprint density at radius 3 is 2.57 bits per heavy atom. The normalized spacial score (nSPS) is 22.8. The van der Waals surface area contributed by atoms with E-state index in [9.17, 15) is 0 Å². The Morgan fingerprint density at radius 2 is 1.86 bits per heavy atom. The predicted molar refractivity (Wildman–Crippen MR) is 117 cm³/mol. The van der Waals surface area contributed by atoms with Crippen LogP contribution in [0.2, 0.25) is 0 Å². The second kappa shape index (κ2) is 10.1. The van der Waals surface area contributed by atoms with Crippen LogP contribution in [0.4, 0.5) is 0 Å². The minimum atomic E-state index is 0.0943. The maximum absolute atomic E-state index is 6.33. The zero-order valence-corrected chi connectivity index (χ0v) is 17.9. The first-order chi connectivity index (χ1) is 13.6. The van der Waals surface area contributed by atoms with Gasteiger partial charge in [-0.1, -0.05) is 48.9 Å². The van der Waals surface area contributed by atoms with E-state index in [1.54, 1.807) is 0 Å². The minimum absolute atomic E-state index is 0.0943. The fourth-order valence-electron chi connectivity index (χ4n) is 4.28. The van der Waals surface area contributed by atoms with E-state index in [0.29, 0.717) is 12.5 Å². The molecular formula is C26H36O2. The topological polar surface area (TPSA) is 18.5 Å². The first-order valence-electron chi connectivity index (χ1n) is 10.9. The molecule has 3 rings (SSSR count). The van der Waals surface area contributed by atoms with Gasteiger partial charge in [0.2, 0.25) is 0 Å². The molecule has 1 aromatic carbocycles. The number of allylic oxidation sites excluding steroid dienone is 3. The molecule has 0 heterocycles. The number of benzene rings is 1. The van der Waals surface area contributed by atoms with Crippen molar-refractivity contribution in [2.45, 2.75) is 78.4 Å². The van der Waals surface area contributed by atoms with E-state index in [1.807, 2.05) is 0 Å². The summed E-state index contributed by atoms with van der Waals surface area (Å²) in [6, 6.07) is 8.58. The van der Waals surface area contributed by atoms with Gasteiger partial charge in [-0.05, 0) is 81.1 Å². The lowest BCUT2D eigenvalue weighted by molar-refractivity contribution is 0.0444. The molecule has 0 N–H and O–H groups in total. The summed E-state index contributed by atoms with van der Waals surface area (Å²) < 4.78 is 12.6. The molecule has 2 aliphatic carbocycles. The van der Waals surface area contributed by atoms with E-state index in [2.05, 4.69) is 57.7 Å². The lowest BCUT2D eigenvalue weighted by Crippen LogP contribution is -2.23. The van der Waals surface area contributed by atoms with Crippen LogP contribution in [0.15, 0.2) is 59.4 Å². The van der Waals surface area contributed by atoms with Gasteiger partial charge in [0.25, 0.3) is 0 Å². The highest BCUT2D eigenvalue weighted by atomic mass is 16.5. The Balaban J connectivity index is 1.65. The summed E-state index contributed by atoms with van der Waals surface area (Å²) in [4.78, 5) is 0. The van der Waals surface area contributed by atoms with Crippen molar-refractivity contribution in [3.8, 4) is 0 Å². The molecule has 28 heavy (non-hydrogen) atoms. The molecule has 0 aliphatic heterocycles. The Bertz CT molecular complexity index is 741. The third kappa shape index (κ3) is 5.61. The quantitative estimate of drug-likeness (QED) is 0.456. The van der Waals surface area contributed by atoms with Crippen LogP contribution in [0.5, 0.6) is 0 Å². The fourth-order valence-corrected chi connectivity index (χ4v) is 4.28. The number of ether oxygens (including phenoxy) is 2. The molecule has 2 unspecified atom stereocenters. The first-order valence-corrected chi connectivity index (χ1v) is 10.9. The van der Waals surface area contributed by atoms with Gasteiger partial charge in [0.05, 0.1) is 18.5 Å². The van der Waals surface area contributed by atoms with Crippen molar-refractivity contribution in [1.29, 1.82) is 0 Å². The van der Waals surface area contributed by atoms with Crippen LogP contribution < -0.4 is 0 Å². The van der Waals surface area contributed by atoms with E-state index in [0.717, 1.165) is 31.6 Å². The molecule has 2 heteroatoms. The number of hydrogen-bond acceptors (Lipinski definition) is 2. The second-order valence-corrected chi connectivity index (χ2v) is 8.47. The summed E-state index contributed by atoms with van der Waals surface area (Å²) >= 11 is 0. The number of aryl methyl sites for hydroxylation is 1. The van der Waals surface area contributed by atoms with Gasteiger partial charge in [-0.3, -0.25) is 0 Å². The Morgan fingerprint density at radius 1 is 1.11 bits per heavy atom. The highest BCUT2D eigenvalue weighted by molar-refractivity contribution is 5.26. The molecule has 1 aromatic rings. The van der Waals surface area contributed by atoms with Gasteiger partial charge in [-0.15, -0.1) is 0 Å². The standard InChI is InChI=1S/C26H36O2/c1-5-21-11-8-9-13-23(21)18-28-26-15-24(19(2)3)14-25(16-26)27-17-22-12-7-6-10-20(22)4/h8-9,11,13,16,24,26H,2,5-7,10,12,14-15,17-18H2,1,3-4H3. The van der Waals surface area contributed by atoms with E-state index >= 15 is 0 Å². The molecule has 0 bridgehead atoms. The van der Waals surface area contributed by atoms with Crippen molar-refractivity contribution >= 4 is 0 Å². The largest absolute Gasteiger partial charge is 0.494 e. The van der Waals surface area contributed by atoms with Crippen LogP contribution in [0, 0.1) is 5.92 Å². The molecule has 0 radical (unpaired) electrons. The van der Waals surface area contributed by atoms with Crippen LogP contribution in [-0.2, 0) is 22.5 Å². The minimum Gasteiger partial charge on any atom is -0.494 e. The molecule has 2 aliphatic rings. The summed E-state index contributed by atoms with van der Waals surface area (Å²) in [6.07, 6.45) is 10.3. The molecule has 152 valence electrons. The molecule has 0 spiro atoms. The summed E-state index contributed by atoms with van der Waals surface area (Å²) in [6.45, 7) is 12.2. The van der Waals surface area contributed by atoms with E-state index in [4.69, 9.17) is 9.47 Å². The number of hydrogen-bond donors (Lipinski definition) is 0. The van der Waals surface area contributed by atoms with E-state index in [1.165, 1.54) is 53.5 Å². The van der Waals surface area contributed by atoms with Gasteiger partial charge in [-0.25, -0.2) is 0 Å². The predicted octanol–water partition coefficient (Wildman–Crippen LogP) is 6.91. The average Bonchev–Trinajstić information content (AvgIpc) is 2.71. The zero-order chi connectivity index (χ0) is 19.9. The molecule has 2 nitrogen and oxygen atoms in total. The molecule has 0 fully saturated rings. The molecule has 0 amide bonds. The third-order valence-electron chi connectivity index (χ3n) is 6.30. The van der Waals surface area contributed by atoms with Crippen molar-refractivity contribution in [1.82, 2.24) is 0 Å². The average molecular weight is 381 g/mol. The number of rotatable bonds is 8. The smallest absolute Gasteiger partial charge is 0.109 e. The molecule has 0 saturated carbocycles. The van der Waals surface area contributed by atoms with Gasteiger partial charge in [-0.2, -0.15) is 0 Å². The highest BCUT2D eigenvalue weighted by Crippen LogP contribution is 2.33. The maximum Gasteiger partial charge on any atom is 0.109 e. The molecular weight excluding hydrogens is 344 g/mol. The summed E-state index contributed by atoms with van der Waals surface area (Å²) in [5.74, 6) is 1.52. The van der Waals surface area contributed by atoms with Gasteiger partial charge < -0.3 is 9.47 Å². The monoisotopic (exact) mass is 380 g/mol. The van der Waals surface area contributed by atoms with Crippen LogP contribution in [0.3, 0.4) is 0 Å². The molecule has 0 aromatic heterocycles. The zero-order valence-electron chi connectivity index (χ0n) is 17.9. The lowest BCUT2D eigenvalue weighted by Gasteiger charge is -2.30. The van der Waals surface area contributed by atoms with Crippen molar-refractivity contribution in [3.63, 3.8) is 0 Å². The van der Waals surface area contributed by atoms with Crippen LogP contribution in [0.1, 0.15) is 70.4 Å². The first kappa shape index (κ1) is 20.9. The summed E-state index contributed by atoms with van der Waals surface area (Å²) in [5, 5.41) is 0. The van der Waals surface area contributed by atoms with Crippen LogP contribution in [0.25, 0.3) is 0 Å². The molecule has 0 saturated heterocycles. The van der Waals surface area contributed by atoms with Crippen molar-refractivity contribution in [2.24, 2.45) is 5.92 Å². The van der Waals surface area contributed by atoms with Crippen LogP contribution >= 0.6 is 0 Å². The maximum atomic E-state index is 6.33. The van der Waals surface area contributed by atoms with E-state index < -0.39 is 0 Å². The Hall–Kier alpha value is -1.80. The molecule has 2 atom stereocenters. The summed E-state index contributed by atoms with van der Waals surface area (Å²) in [7, 11) is 0. The van der Waals surface area contributed by atoms with Gasteiger partial charge in [0, 0.05) is 6.42 Å². The Kier molecular flexibility index (Phi) is 7.56. The van der Waals surface area contributed by atoms with Gasteiger partial charge >= 0.3 is 0 Å². The fraction of sp³-hybridized carbons (Fsp3) is 0.538. The van der Waals surface area contributed by atoms with Crippen LogP contribution in [-0.4, -0.2) is 12.7 Å².